The summed E-state index contributed by atoms with van der Waals surface area (Å²) >= 11 is 0. The first kappa shape index (κ1) is 18.3. The summed E-state index contributed by atoms with van der Waals surface area (Å²) in [6.07, 6.45) is 0. The molecule has 1 aliphatic rings. The van der Waals surface area contributed by atoms with Gasteiger partial charge in [-0.2, -0.15) is 0 Å². The highest BCUT2D eigenvalue weighted by atomic mass is 19.1. The molecular weight excluding hydrogens is 340 g/mol. The summed E-state index contributed by atoms with van der Waals surface area (Å²) in [4.78, 5) is 14.6. The average molecular weight is 360 g/mol. The van der Waals surface area contributed by atoms with Crippen LogP contribution in [0.5, 0.6) is 0 Å². The number of rotatable bonds is 4. The molecule has 5 nitrogen and oxygen atoms in total. The molecule has 0 aromatic heterocycles. The first-order valence-electron chi connectivity index (χ1n) is 8.45. The summed E-state index contributed by atoms with van der Waals surface area (Å²) in [6.45, 7) is 6.01. The molecule has 1 aliphatic heterocycles. The van der Waals surface area contributed by atoms with Crippen molar-refractivity contribution in [2.45, 2.75) is 26.4 Å². The predicted molar refractivity (Wildman–Crippen MR) is 95.1 cm³/mol. The van der Waals surface area contributed by atoms with Crippen molar-refractivity contribution in [2.75, 3.05) is 24.5 Å². The third-order valence-electron chi connectivity index (χ3n) is 4.86. The Morgan fingerprint density at radius 2 is 2.12 bits per heavy atom. The molecular formula is C19H20F2N3O2. The summed E-state index contributed by atoms with van der Waals surface area (Å²) < 4.78 is 27.8. The summed E-state index contributed by atoms with van der Waals surface area (Å²) in [5.41, 5.74) is 1.44. The fourth-order valence-electron chi connectivity index (χ4n) is 3.48. The molecule has 1 fully saturated rings. The first-order valence-corrected chi connectivity index (χ1v) is 8.45. The fraction of sp³-hybridized carbons (Fsp3) is 0.368. The highest BCUT2D eigenvalue weighted by Crippen LogP contribution is 2.27. The van der Waals surface area contributed by atoms with Crippen molar-refractivity contribution in [3.05, 3.63) is 69.3 Å². The van der Waals surface area contributed by atoms with Crippen LogP contribution >= 0.6 is 0 Å². The van der Waals surface area contributed by atoms with Crippen LogP contribution in [0.25, 0.3) is 0 Å². The smallest absolute Gasteiger partial charge is 0.275 e. The molecule has 0 spiro atoms. The largest absolute Gasteiger partial charge is 0.364 e. The topological polar surface area (TPSA) is 49.6 Å². The monoisotopic (exact) mass is 360 g/mol. The van der Waals surface area contributed by atoms with Crippen LogP contribution < -0.4 is 4.90 Å². The van der Waals surface area contributed by atoms with Gasteiger partial charge in [0, 0.05) is 37.8 Å². The summed E-state index contributed by atoms with van der Waals surface area (Å²) in [5.74, 6) is -0.906. The maximum atomic E-state index is 14.0. The normalized spacial score (nSPS) is 18.2. The second-order valence-electron chi connectivity index (χ2n) is 6.62. The minimum Gasteiger partial charge on any atom is -0.364 e. The van der Waals surface area contributed by atoms with Gasteiger partial charge in [-0.3, -0.25) is 15.0 Å². The maximum Gasteiger partial charge on any atom is 0.275 e. The molecule has 7 heteroatoms. The second-order valence-corrected chi connectivity index (χ2v) is 6.62. The van der Waals surface area contributed by atoms with E-state index in [9.17, 15) is 18.9 Å². The first-order chi connectivity index (χ1) is 12.4. The van der Waals surface area contributed by atoms with E-state index in [-0.39, 0.29) is 17.5 Å². The standard InChI is InChI=1S/C19H20F2N3O2/c1-13-11-22(7-8-23(13)18-6-4-3-5-17(18)21)12-15-9-16(20)10-19(14(15)2)24(25)26/h4-6,9-10,13H,7-8,11-12H2,1-2H3/t13-/m0/s1. The van der Waals surface area contributed by atoms with Gasteiger partial charge in [0.05, 0.1) is 16.7 Å². The van der Waals surface area contributed by atoms with E-state index in [2.05, 4.69) is 11.0 Å². The molecule has 1 radical (unpaired) electrons. The zero-order chi connectivity index (χ0) is 18.8. The van der Waals surface area contributed by atoms with Crippen LogP contribution in [-0.2, 0) is 6.54 Å². The Morgan fingerprint density at radius 1 is 1.35 bits per heavy atom. The molecule has 137 valence electrons. The number of nitro groups is 1. The number of halogens is 2. The number of anilines is 1. The molecule has 1 heterocycles. The second kappa shape index (κ2) is 7.37. The molecule has 0 amide bonds. The maximum absolute atomic E-state index is 14.0. The molecule has 0 N–H and O–H groups in total. The Kier molecular flexibility index (Phi) is 5.18. The number of hydrogen-bond donors (Lipinski definition) is 0. The van der Waals surface area contributed by atoms with Gasteiger partial charge >= 0.3 is 0 Å². The quantitative estimate of drug-likeness (QED) is 0.616. The molecule has 1 atom stereocenters. The number of nitrogens with zero attached hydrogens (tertiary/aromatic N) is 3. The minimum absolute atomic E-state index is 0.0597. The molecule has 1 saturated heterocycles. The highest BCUT2D eigenvalue weighted by molar-refractivity contribution is 5.49. The van der Waals surface area contributed by atoms with E-state index in [4.69, 9.17) is 0 Å². The molecule has 0 unspecified atom stereocenters. The lowest BCUT2D eigenvalue weighted by Gasteiger charge is -2.41. The van der Waals surface area contributed by atoms with Gasteiger partial charge in [-0.1, -0.05) is 6.07 Å². The Hall–Kier alpha value is -2.54. The van der Waals surface area contributed by atoms with Crippen LogP contribution in [0.3, 0.4) is 0 Å². The van der Waals surface area contributed by atoms with Crippen LogP contribution in [-0.4, -0.2) is 35.5 Å². The lowest BCUT2D eigenvalue weighted by molar-refractivity contribution is -0.385. The summed E-state index contributed by atoms with van der Waals surface area (Å²) in [5, 5.41) is 11.1. The Labute approximate surface area is 151 Å². The third-order valence-corrected chi connectivity index (χ3v) is 4.86. The van der Waals surface area contributed by atoms with Crippen molar-refractivity contribution in [3.63, 3.8) is 0 Å². The van der Waals surface area contributed by atoms with Crippen LogP contribution in [0.2, 0.25) is 0 Å². The Bertz CT molecular complexity index is 828. The van der Waals surface area contributed by atoms with Gasteiger partial charge < -0.3 is 4.90 Å². The minimum atomic E-state index is -0.605. The van der Waals surface area contributed by atoms with E-state index in [1.165, 1.54) is 12.1 Å². The summed E-state index contributed by atoms with van der Waals surface area (Å²) in [6, 6.07) is 9.81. The van der Waals surface area contributed by atoms with Gasteiger partial charge in [0.2, 0.25) is 0 Å². The van der Waals surface area contributed by atoms with Crippen molar-refractivity contribution >= 4 is 11.4 Å². The molecule has 0 aliphatic carbocycles. The fourth-order valence-corrected chi connectivity index (χ4v) is 3.48. The zero-order valence-electron chi connectivity index (χ0n) is 14.7. The molecule has 26 heavy (non-hydrogen) atoms. The van der Waals surface area contributed by atoms with E-state index >= 15 is 0 Å². The lowest BCUT2D eigenvalue weighted by Crippen LogP contribution is -2.51. The van der Waals surface area contributed by atoms with Gasteiger partial charge in [0.15, 0.2) is 0 Å². The highest BCUT2D eigenvalue weighted by Gasteiger charge is 2.26. The van der Waals surface area contributed by atoms with E-state index < -0.39 is 10.7 Å². The van der Waals surface area contributed by atoms with Crippen molar-refractivity contribution in [3.8, 4) is 0 Å². The average Bonchev–Trinajstić information content (AvgIpc) is 2.58. The number of hydrogen-bond acceptors (Lipinski definition) is 4. The van der Waals surface area contributed by atoms with E-state index in [1.807, 2.05) is 11.8 Å². The van der Waals surface area contributed by atoms with Crippen molar-refractivity contribution in [2.24, 2.45) is 0 Å². The molecule has 2 aromatic rings. The van der Waals surface area contributed by atoms with Crippen molar-refractivity contribution < 1.29 is 13.7 Å². The molecule has 2 aromatic carbocycles. The molecule has 0 saturated carbocycles. The zero-order valence-corrected chi connectivity index (χ0v) is 14.7. The van der Waals surface area contributed by atoms with Gasteiger partial charge in [-0.05, 0) is 43.7 Å². The molecule has 3 rings (SSSR count). The Balaban J connectivity index is 1.75. The van der Waals surface area contributed by atoms with Crippen LogP contribution in [0.15, 0.2) is 30.3 Å². The SMILES string of the molecule is Cc1c(CN2CCN(c3cc[c]cc3F)[C@@H](C)C2)cc(F)cc1[N+](=O)[O-]. The number of piperazine rings is 1. The Morgan fingerprint density at radius 3 is 2.77 bits per heavy atom. The molecule has 0 bridgehead atoms. The van der Waals surface area contributed by atoms with Crippen LogP contribution in [0.4, 0.5) is 20.2 Å². The van der Waals surface area contributed by atoms with Gasteiger partial charge in [-0.15, -0.1) is 0 Å². The van der Waals surface area contributed by atoms with Crippen LogP contribution in [0.1, 0.15) is 18.1 Å². The van der Waals surface area contributed by atoms with Gasteiger partial charge in [0.25, 0.3) is 5.69 Å². The van der Waals surface area contributed by atoms with E-state index in [0.717, 1.165) is 6.07 Å². The van der Waals surface area contributed by atoms with E-state index in [0.29, 0.717) is 43.0 Å². The van der Waals surface area contributed by atoms with Gasteiger partial charge in [-0.25, -0.2) is 8.78 Å². The van der Waals surface area contributed by atoms with Crippen molar-refractivity contribution in [1.82, 2.24) is 4.90 Å². The third kappa shape index (κ3) is 3.67. The lowest BCUT2D eigenvalue weighted by atomic mass is 10.0. The van der Waals surface area contributed by atoms with Crippen molar-refractivity contribution in [1.29, 1.82) is 0 Å². The predicted octanol–water partition coefficient (Wildman–Crippen LogP) is 3.69. The van der Waals surface area contributed by atoms with E-state index in [1.54, 1.807) is 19.1 Å². The van der Waals surface area contributed by atoms with Gasteiger partial charge in [0.1, 0.15) is 11.6 Å². The number of benzene rings is 2. The van der Waals surface area contributed by atoms with Crippen LogP contribution in [0, 0.1) is 34.7 Å². The summed E-state index contributed by atoms with van der Waals surface area (Å²) in [7, 11) is 0. The number of nitro benzene ring substituents is 1.